The molecule has 2 rings (SSSR count). The van der Waals surface area contributed by atoms with Crippen LogP contribution < -0.4 is 10.9 Å². The van der Waals surface area contributed by atoms with Crippen molar-refractivity contribution in [2.45, 2.75) is 46.1 Å². The molecule has 21 heavy (non-hydrogen) atoms. The molecule has 2 aromatic rings. The van der Waals surface area contributed by atoms with Crippen LogP contribution in [0.2, 0.25) is 0 Å². The number of carbonyl (C=O) groups excluding carboxylic acids is 1. The number of amides is 1. The SMILES string of the molecule is Cc1cc2ccc(CCC(=O)NC(C)(C)C)cc2[nH]c1=O. The first kappa shape index (κ1) is 15.3. The molecule has 0 spiro atoms. The van der Waals surface area contributed by atoms with Crippen LogP contribution in [0.4, 0.5) is 0 Å². The molecule has 4 heteroatoms. The fourth-order valence-corrected chi connectivity index (χ4v) is 2.25. The van der Waals surface area contributed by atoms with Gasteiger partial charge in [-0.1, -0.05) is 12.1 Å². The zero-order chi connectivity index (χ0) is 15.6. The number of aryl methyl sites for hydroxylation is 2. The Morgan fingerprint density at radius 1 is 1.24 bits per heavy atom. The molecular formula is C17H22N2O2. The number of carbonyl (C=O) groups is 1. The predicted molar refractivity (Wildman–Crippen MR) is 85.5 cm³/mol. The summed E-state index contributed by atoms with van der Waals surface area (Å²) in [4.78, 5) is 26.3. The van der Waals surface area contributed by atoms with Crippen LogP contribution >= 0.6 is 0 Å². The van der Waals surface area contributed by atoms with Crippen LogP contribution in [0.1, 0.15) is 38.3 Å². The van der Waals surface area contributed by atoms with Crippen LogP contribution in [0, 0.1) is 6.92 Å². The second-order valence-corrected chi connectivity index (χ2v) is 6.50. The number of benzene rings is 1. The number of rotatable bonds is 3. The third-order valence-electron chi connectivity index (χ3n) is 3.25. The summed E-state index contributed by atoms with van der Waals surface area (Å²) in [5.74, 6) is 0.0417. The zero-order valence-corrected chi connectivity index (χ0v) is 13.0. The van der Waals surface area contributed by atoms with Crippen LogP contribution in [-0.4, -0.2) is 16.4 Å². The van der Waals surface area contributed by atoms with Gasteiger partial charge in [-0.15, -0.1) is 0 Å². The van der Waals surface area contributed by atoms with E-state index in [4.69, 9.17) is 0 Å². The van der Waals surface area contributed by atoms with Gasteiger partial charge in [-0.05, 0) is 57.2 Å². The van der Waals surface area contributed by atoms with Crippen molar-refractivity contribution in [3.63, 3.8) is 0 Å². The maximum absolute atomic E-state index is 11.8. The molecule has 1 heterocycles. The highest BCUT2D eigenvalue weighted by atomic mass is 16.1. The highest BCUT2D eigenvalue weighted by Gasteiger charge is 2.13. The highest BCUT2D eigenvalue weighted by Crippen LogP contribution is 2.15. The molecular weight excluding hydrogens is 264 g/mol. The number of fused-ring (bicyclic) bond motifs is 1. The van der Waals surface area contributed by atoms with Crippen molar-refractivity contribution in [2.75, 3.05) is 0 Å². The van der Waals surface area contributed by atoms with E-state index in [2.05, 4.69) is 10.3 Å². The van der Waals surface area contributed by atoms with E-state index in [0.717, 1.165) is 16.5 Å². The summed E-state index contributed by atoms with van der Waals surface area (Å²) in [6, 6.07) is 7.81. The van der Waals surface area contributed by atoms with E-state index in [1.54, 1.807) is 6.92 Å². The van der Waals surface area contributed by atoms with Crippen LogP contribution in [0.15, 0.2) is 29.1 Å². The topological polar surface area (TPSA) is 62.0 Å². The number of pyridine rings is 1. The van der Waals surface area contributed by atoms with Crippen molar-refractivity contribution < 1.29 is 4.79 Å². The van der Waals surface area contributed by atoms with E-state index in [-0.39, 0.29) is 17.0 Å². The number of hydrogen-bond donors (Lipinski definition) is 2. The molecule has 2 N–H and O–H groups in total. The number of H-pyrrole nitrogens is 1. The molecule has 1 aromatic carbocycles. The molecule has 1 amide bonds. The number of hydrogen-bond acceptors (Lipinski definition) is 2. The first-order chi connectivity index (χ1) is 9.74. The number of aromatic amines is 1. The van der Waals surface area contributed by atoms with E-state index in [1.165, 1.54) is 0 Å². The van der Waals surface area contributed by atoms with Gasteiger partial charge in [0.2, 0.25) is 5.91 Å². The molecule has 0 aliphatic carbocycles. The molecule has 4 nitrogen and oxygen atoms in total. The summed E-state index contributed by atoms with van der Waals surface area (Å²) in [7, 11) is 0. The Hall–Kier alpha value is -2.10. The van der Waals surface area contributed by atoms with Gasteiger partial charge in [0.25, 0.3) is 5.56 Å². The third kappa shape index (κ3) is 4.18. The molecule has 1 aromatic heterocycles. The quantitative estimate of drug-likeness (QED) is 0.911. The van der Waals surface area contributed by atoms with Gasteiger partial charge < -0.3 is 10.3 Å². The summed E-state index contributed by atoms with van der Waals surface area (Å²) < 4.78 is 0. The van der Waals surface area contributed by atoms with Gasteiger partial charge in [-0.25, -0.2) is 0 Å². The first-order valence-electron chi connectivity index (χ1n) is 7.18. The number of nitrogens with one attached hydrogen (secondary N) is 2. The van der Waals surface area contributed by atoms with Gasteiger partial charge in [-0.3, -0.25) is 9.59 Å². The smallest absolute Gasteiger partial charge is 0.251 e. The Kier molecular flexibility index (Phi) is 4.16. The van der Waals surface area contributed by atoms with Crippen molar-refractivity contribution in [2.24, 2.45) is 0 Å². The Labute approximate surface area is 124 Å². The van der Waals surface area contributed by atoms with E-state index in [9.17, 15) is 9.59 Å². The summed E-state index contributed by atoms with van der Waals surface area (Å²) in [5.41, 5.74) is 2.30. The summed E-state index contributed by atoms with van der Waals surface area (Å²) in [6.07, 6.45) is 1.10. The molecule has 0 saturated carbocycles. The molecule has 0 bridgehead atoms. The maximum atomic E-state index is 11.8. The summed E-state index contributed by atoms with van der Waals surface area (Å²) in [5, 5.41) is 3.96. The van der Waals surface area contributed by atoms with Gasteiger partial charge in [0.05, 0.1) is 0 Å². The van der Waals surface area contributed by atoms with Crippen LogP contribution in [0.3, 0.4) is 0 Å². The van der Waals surface area contributed by atoms with Crippen LogP contribution in [0.25, 0.3) is 10.9 Å². The molecule has 0 atom stereocenters. The fourth-order valence-electron chi connectivity index (χ4n) is 2.25. The molecule has 0 fully saturated rings. The lowest BCUT2D eigenvalue weighted by Gasteiger charge is -2.20. The van der Waals surface area contributed by atoms with Gasteiger partial charge in [0.15, 0.2) is 0 Å². The number of aromatic nitrogens is 1. The van der Waals surface area contributed by atoms with Crippen molar-refractivity contribution in [3.8, 4) is 0 Å². The third-order valence-corrected chi connectivity index (χ3v) is 3.25. The van der Waals surface area contributed by atoms with E-state index >= 15 is 0 Å². The van der Waals surface area contributed by atoms with E-state index in [1.807, 2.05) is 45.0 Å². The Balaban J connectivity index is 2.11. The average Bonchev–Trinajstić information content (AvgIpc) is 2.36. The standard InChI is InChI=1S/C17H22N2O2/c1-11-9-13-7-5-12(10-14(13)18-16(11)21)6-8-15(20)19-17(2,3)4/h5,7,9-10H,6,8H2,1-4H3,(H,18,21)(H,19,20). The van der Waals surface area contributed by atoms with Crippen molar-refractivity contribution in [1.29, 1.82) is 0 Å². The Morgan fingerprint density at radius 3 is 2.62 bits per heavy atom. The van der Waals surface area contributed by atoms with Gasteiger partial charge in [0.1, 0.15) is 0 Å². The minimum Gasteiger partial charge on any atom is -0.351 e. The maximum Gasteiger partial charge on any atom is 0.251 e. The molecule has 0 aliphatic rings. The van der Waals surface area contributed by atoms with Crippen LogP contribution in [-0.2, 0) is 11.2 Å². The van der Waals surface area contributed by atoms with Crippen molar-refractivity contribution in [1.82, 2.24) is 10.3 Å². The van der Waals surface area contributed by atoms with Crippen molar-refractivity contribution in [3.05, 3.63) is 45.7 Å². The second-order valence-electron chi connectivity index (χ2n) is 6.50. The highest BCUT2D eigenvalue weighted by molar-refractivity contribution is 5.80. The lowest BCUT2D eigenvalue weighted by atomic mass is 10.0. The largest absolute Gasteiger partial charge is 0.351 e. The van der Waals surface area contributed by atoms with Crippen molar-refractivity contribution >= 4 is 16.8 Å². The second kappa shape index (κ2) is 5.72. The van der Waals surface area contributed by atoms with E-state index in [0.29, 0.717) is 18.4 Å². The first-order valence-corrected chi connectivity index (χ1v) is 7.18. The molecule has 112 valence electrons. The Morgan fingerprint density at radius 2 is 1.95 bits per heavy atom. The molecule has 0 aliphatic heterocycles. The lowest BCUT2D eigenvalue weighted by molar-refractivity contribution is -0.122. The van der Waals surface area contributed by atoms with Crippen LogP contribution in [0.5, 0.6) is 0 Å². The molecule has 0 unspecified atom stereocenters. The molecule has 0 saturated heterocycles. The van der Waals surface area contributed by atoms with Gasteiger partial charge in [-0.2, -0.15) is 0 Å². The lowest BCUT2D eigenvalue weighted by Crippen LogP contribution is -2.40. The monoisotopic (exact) mass is 286 g/mol. The van der Waals surface area contributed by atoms with E-state index < -0.39 is 0 Å². The minimum atomic E-state index is -0.205. The minimum absolute atomic E-state index is 0.0417. The summed E-state index contributed by atoms with van der Waals surface area (Å²) >= 11 is 0. The van der Waals surface area contributed by atoms with Gasteiger partial charge >= 0.3 is 0 Å². The average molecular weight is 286 g/mol. The van der Waals surface area contributed by atoms with Gasteiger partial charge in [0, 0.05) is 23.0 Å². The molecule has 0 radical (unpaired) electrons. The summed E-state index contributed by atoms with van der Waals surface area (Å²) in [6.45, 7) is 7.69. The Bertz CT molecular complexity index is 724. The fraction of sp³-hybridized carbons (Fsp3) is 0.412. The zero-order valence-electron chi connectivity index (χ0n) is 13.0. The predicted octanol–water partition coefficient (Wildman–Crippen LogP) is 2.68. The normalized spacial score (nSPS) is 11.6.